The summed E-state index contributed by atoms with van der Waals surface area (Å²) in [6.07, 6.45) is 1.64. The number of carbonyl (C=O) groups is 1. The largest absolute Gasteiger partial charge is 0.377 e. The lowest BCUT2D eigenvalue weighted by atomic mass is 10.2. The number of hydrogen-bond donors (Lipinski definition) is 1. The van der Waals surface area contributed by atoms with E-state index in [4.69, 9.17) is 10.00 Å². The average molecular weight is 287 g/mol. The van der Waals surface area contributed by atoms with Crippen LogP contribution in [0, 0.1) is 11.3 Å². The minimum Gasteiger partial charge on any atom is -0.377 e. The van der Waals surface area contributed by atoms with Gasteiger partial charge < -0.3 is 15.0 Å². The number of nitriles is 1. The molecule has 1 unspecified atom stereocenters. The van der Waals surface area contributed by atoms with Gasteiger partial charge in [0.25, 0.3) is 0 Å². The lowest BCUT2D eigenvalue weighted by Crippen LogP contribution is -2.33. The first kappa shape index (κ1) is 15.5. The van der Waals surface area contributed by atoms with Crippen LogP contribution < -0.4 is 5.32 Å². The second-order valence-electron chi connectivity index (χ2n) is 5.29. The highest BCUT2D eigenvalue weighted by molar-refractivity contribution is 5.92. The Morgan fingerprint density at radius 1 is 1.52 bits per heavy atom. The minimum absolute atomic E-state index is 0.0597. The molecule has 1 N–H and O–H groups in total. The molecule has 1 fully saturated rings. The summed E-state index contributed by atoms with van der Waals surface area (Å²) in [7, 11) is 0. The van der Waals surface area contributed by atoms with Crippen LogP contribution in [0.15, 0.2) is 24.3 Å². The molecule has 2 rings (SSSR count). The van der Waals surface area contributed by atoms with Gasteiger partial charge in [0.05, 0.1) is 17.4 Å². The Bertz CT molecular complexity index is 524. The standard InChI is InChI=1S/C16H21N3O2/c1-13-12-19(8-4-10-21-13)9-7-16(20)18-15-6-3-2-5-14(15)11-17/h2-3,5-6,13H,4,7-10,12H2,1H3,(H,18,20). The minimum atomic E-state index is -0.0597. The summed E-state index contributed by atoms with van der Waals surface area (Å²) in [5.74, 6) is -0.0597. The van der Waals surface area contributed by atoms with Crippen molar-refractivity contribution < 1.29 is 9.53 Å². The highest BCUT2D eigenvalue weighted by atomic mass is 16.5. The van der Waals surface area contributed by atoms with E-state index in [1.54, 1.807) is 18.2 Å². The molecule has 0 spiro atoms. The zero-order valence-corrected chi connectivity index (χ0v) is 12.3. The molecule has 112 valence electrons. The molecule has 1 saturated heterocycles. The third kappa shape index (κ3) is 4.85. The van der Waals surface area contributed by atoms with E-state index in [1.165, 1.54) is 0 Å². The van der Waals surface area contributed by atoms with E-state index < -0.39 is 0 Å². The van der Waals surface area contributed by atoms with Crippen LogP contribution in [0.1, 0.15) is 25.3 Å². The van der Waals surface area contributed by atoms with Gasteiger partial charge in [-0.15, -0.1) is 0 Å². The molecule has 0 saturated carbocycles. The Morgan fingerprint density at radius 3 is 3.14 bits per heavy atom. The van der Waals surface area contributed by atoms with Crippen molar-refractivity contribution in [2.75, 3.05) is 31.6 Å². The molecule has 1 heterocycles. The molecular weight excluding hydrogens is 266 g/mol. The number of nitrogens with one attached hydrogen (secondary N) is 1. The maximum atomic E-state index is 12.0. The van der Waals surface area contributed by atoms with Crippen LogP contribution in [0.25, 0.3) is 0 Å². The lowest BCUT2D eigenvalue weighted by molar-refractivity contribution is -0.116. The second kappa shape index (κ2) is 7.77. The summed E-state index contributed by atoms with van der Waals surface area (Å²) in [5.41, 5.74) is 1.07. The second-order valence-corrected chi connectivity index (χ2v) is 5.29. The quantitative estimate of drug-likeness (QED) is 0.920. The van der Waals surface area contributed by atoms with Crippen molar-refractivity contribution in [1.82, 2.24) is 4.90 Å². The molecule has 1 aromatic carbocycles. The predicted molar refractivity (Wildman–Crippen MR) is 80.9 cm³/mol. The molecule has 0 aromatic heterocycles. The molecule has 1 amide bonds. The molecule has 1 atom stereocenters. The van der Waals surface area contributed by atoms with Crippen LogP contribution in [0.3, 0.4) is 0 Å². The number of benzene rings is 1. The lowest BCUT2D eigenvalue weighted by Gasteiger charge is -2.21. The smallest absolute Gasteiger partial charge is 0.225 e. The number of anilines is 1. The van der Waals surface area contributed by atoms with Crippen molar-refractivity contribution in [3.8, 4) is 6.07 Å². The number of nitrogens with zero attached hydrogens (tertiary/aromatic N) is 2. The van der Waals surface area contributed by atoms with Crippen molar-refractivity contribution in [3.63, 3.8) is 0 Å². The van der Waals surface area contributed by atoms with Crippen LogP contribution in [0.2, 0.25) is 0 Å². The fourth-order valence-electron chi connectivity index (χ4n) is 2.45. The Balaban J connectivity index is 1.83. The van der Waals surface area contributed by atoms with Crippen molar-refractivity contribution in [1.29, 1.82) is 5.26 Å². The Kier molecular flexibility index (Phi) is 5.73. The van der Waals surface area contributed by atoms with Crippen molar-refractivity contribution in [2.45, 2.75) is 25.9 Å². The van der Waals surface area contributed by atoms with E-state index in [9.17, 15) is 4.79 Å². The van der Waals surface area contributed by atoms with Crippen LogP contribution in [0.5, 0.6) is 0 Å². The van der Waals surface area contributed by atoms with Crippen LogP contribution >= 0.6 is 0 Å². The summed E-state index contributed by atoms with van der Waals surface area (Å²) in [4.78, 5) is 14.3. The van der Waals surface area contributed by atoms with Gasteiger partial charge in [-0.3, -0.25) is 4.79 Å². The summed E-state index contributed by atoms with van der Waals surface area (Å²) >= 11 is 0. The van der Waals surface area contributed by atoms with Crippen molar-refractivity contribution >= 4 is 11.6 Å². The Morgan fingerprint density at radius 2 is 2.33 bits per heavy atom. The first-order chi connectivity index (χ1) is 10.2. The number of hydrogen-bond acceptors (Lipinski definition) is 4. The highest BCUT2D eigenvalue weighted by Gasteiger charge is 2.16. The van der Waals surface area contributed by atoms with Crippen LogP contribution in [-0.4, -0.2) is 43.2 Å². The summed E-state index contributed by atoms with van der Waals surface area (Å²) in [6, 6.07) is 9.12. The van der Waals surface area contributed by atoms with E-state index in [1.807, 2.05) is 6.07 Å². The predicted octanol–water partition coefficient (Wildman–Crippen LogP) is 2.00. The van der Waals surface area contributed by atoms with Crippen molar-refractivity contribution in [2.24, 2.45) is 0 Å². The topological polar surface area (TPSA) is 65.4 Å². The van der Waals surface area contributed by atoms with Gasteiger partial charge in [0.1, 0.15) is 6.07 Å². The molecule has 0 aliphatic carbocycles. The molecule has 1 aliphatic rings. The average Bonchev–Trinajstić information content (AvgIpc) is 2.70. The zero-order chi connectivity index (χ0) is 15.1. The number of para-hydroxylation sites is 1. The fourth-order valence-corrected chi connectivity index (χ4v) is 2.45. The third-order valence-corrected chi connectivity index (χ3v) is 3.51. The van der Waals surface area contributed by atoms with E-state index >= 15 is 0 Å². The number of rotatable bonds is 4. The zero-order valence-electron chi connectivity index (χ0n) is 12.3. The van der Waals surface area contributed by atoms with Gasteiger partial charge in [-0.05, 0) is 25.5 Å². The molecule has 0 radical (unpaired) electrons. The maximum Gasteiger partial charge on any atom is 0.225 e. The maximum absolute atomic E-state index is 12.0. The summed E-state index contributed by atoms with van der Waals surface area (Å²) in [6.45, 7) is 5.39. The molecular formula is C16H21N3O2. The van der Waals surface area contributed by atoms with Gasteiger partial charge in [-0.1, -0.05) is 12.1 Å². The highest BCUT2D eigenvalue weighted by Crippen LogP contribution is 2.14. The molecule has 5 nitrogen and oxygen atoms in total. The van der Waals surface area contributed by atoms with Gasteiger partial charge in [0.15, 0.2) is 0 Å². The Labute approximate surface area is 125 Å². The third-order valence-electron chi connectivity index (χ3n) is 3.51. The van der Waals surface area contributed by atoms with Gasteiger partial charge in [-0.2, -0.15) is 5.26 Å². The Hall–Kier alpha value is -1.90. The number of carbonyl (C=O) groups excluding carboxylic acids is 1. The normalized spacial score (nSPS) is 19.5. The fraction of sp³-hybridized carbons (Fsp3) is 0.500. The van der Waals surface area contributed by atoms with E-state index in [-0.39, 0.29) is 12.0 Å². The first-order valence-electron chi connectivity index (χ1n) is 7.32. The molecule has 1 aliphatic heterocycles. The molecule has 21 heavy (non-hydrogen) atoms. The van der Waals surface area contributed by atoms with Gasteiger partial charge in [-0.25, -0.2) is 0 Å². The first-order valence-corrected chi connectivity index (χ1v) is 7.32. The molecule has 1 aromatic rings. The van der Waals surface area contributed by atoms with Crippen LogP contribution in [0.4, 0.5) is 5.69 Å². The number of amides is 1. The molecule has 5 heteroatoms. The monoisotopic (exact) mass is 287 g/mol. The van der Waals surface area contributed by atoms with Crippen molar-refractivity contribution in [3.05, 3.63) is 29.8 Å². The summed E-state index contributed by atoms with van der Waals surface area (Å²) in [5, 5.41) is 11.8. The number of ether oxygens (including phenoxy) is 1. The van der Waals surface area contributed by atoms with Gasteiger partial charge in [0.2, 0.25) is 5.91 Å². The van der Waals surface area contributed by atoms with E-state index in [2.05, 4.69) is 23.2 Å². The molecule has 0 bridgehead atoms. The van der Waals surface area contributed by atoms with Crippen LogP contribution in [-0.2, 0) is 9.53 Å². The van der Waals surface area contributed by atoms with Gasteiger partial charge in [0, 0.05) is 32.7 Å². The van der Waals surface area contributed by atoms with E-state index in [0.29, 0.717) is 24.2 Å². The SMILES string of the molecule is CC1CN(CCC(=O)Nc2ccccc2C#N)CCCO1. The summed E-state index contributed by atoms with van der Waals surface area (Å²) < 4.78 is 5.59. The van der Waals surface area contributed by atoms with E-state index in [0.717, 1.165) is 26.1 Å². The van der Waals surface area contributed by atoms with Gasteiger partial charge >= 0.3 is 0 Å².